The lowest BCUT2D eigenvalue weighted by molar-refractivity contribution is -0.145. The average Bonchev–Trinajstić information content (AvgIpc) is 3.15. The van der Waals surface area contributed by atoms with Crippen molar-refractivity contribution in [2.24, 2.45) is 28.4 Å². The fraction of sp³-hybridized carbons (Fsp3) is 0.833. The number of nitrogens with zero attached hydrogens (tertiary/aromatic N) is 1. The molecule has 3 aliphatic rings. The minimum absolute atomic E-state index is 0.0740. The molecule has 10 nitrogen and oxygen atoms in total. The van der Waals surface area contributed by atoms with Crippen LogP contribution in [0.3, 0.4) is 0 Å². The Morgan fingerprint density at radius 2 is 1.52 bits per heavy atom. The molecule has 0 radical (unpaired) electrons. The maximum atomic E-state index is 14.3. The number of amides is 5. The van der Waals surface area contributed by atoms with Crippen molar-refractivity contribution in [3.63, 3.8) is 0 Å². The Hall–Kier alpha value is -2.65. The van der Waals surface area contributed by atoms with Crippen molar-refractivity contribution in [1.82, 2.24) is 20.9 Å². The van der Waals surface area contributed by atoms with Crippen LogP contribution in [0, 0.1) is 22.7 Å². The number of Topliss-reactive ketones (excluding diaryl/α,β-unsaturated/α-hetero) is 1. The predicted octanol–water partition coefficient (Wildman–Crippen LogP) is 3.03. The summed E-state index contributed by atoms with van der Waals surface area (Å²) in [6, 6.07) is -3.08. The van der Waals surface area contributed by atoms with Crippen molar-refractivity contribution in [1.29, 1.82) is 0 Å². The Balaban J connectivity index is 1.96. The molecular weight excluding hydrogens is 510 g/mol. The van der Waals surface area contributed by atoms with Crippen LogP contribution in [0.5, 0.6) is 0 Å². The second-order valence-electron chi connectivity index (χ2n) is 14.5. The first kappa shape index (κ1) is 31.9. The van der Waals surface area contributed by atoms with E-state index in [9.17, 15) is 24.0 Å². The number of ketones is 1. The molecule has 226 valence electrons. The van der Waals surface area contributed by atoms with Gasteiger partial charge in [-0.2, -0.15) is 0 Å². The van der Waals surface area contributed by atoms with E-state index >= 15 is 0 Å². The summed E-state index contributed by atoms with van der Waals surface area (Å²) in [7, 11) is 0. The number of nitrogens with two attached hydrogens (primary N) is 1. The zero-order valence-corrected chi connectivity index (χ0v) is 25.5. The highest BCUT2D eigenvalue weighted by molar-refractivity contribution is 6.37. The second-order valence-corrected chi connectivity index (χ2v) is 14.5. The lowest BCUT2D eigenvalue weighted by Crippen LogP contribution is -2.62. The summed E-state index contributed by atoms with van der Waals surface area (Å²) in [5.74, 6) is -2.56. The standard InChI is InChI=1S/C30H51N5O5/c1-28(2,3)34-27(40)33-23-26(39)35-17-18-20(30(18,6)7)21(35)25(38)32-19(22(36)24(31)37)15-13-11-9-8-10-12-14-16-29(23,4)5/h18-21,23H,8-17H2,1-7H3,(H2,31,37)(H,32,38)(H2,33,34,40)/t18-,19+,20-,21-,23-/m0/s1. The maximum Gasteiger partial charge on any atom is 0.315 e. The van der Waals surface area contributed by atoms with Crippen molar-refractivity contribution >= 4 is 29.5 Å². The van der Waals surface area contributed by atoms with Crippen LogP contribution < -0.4 is 21.7 Å². The first-order valence-electron chi connectivity index (χ1n) is 15.0. The molecule has 2 aliphatic heterocycles. The summed E-state index contributed by atoms with van der Waals surface area (Å²) in [6.07, 6.45) is 7.71. The number of piperidine rings is 1. The molecular formula is C30H51N5O5. The summed E-state index contributed by atoms with van der Waals surface area (Å²) in [6.45, 7) is 14.2. The number of hydrogen-bond acceptors (Lipinski definition) is 5. The van der Waals surface area contributed by atoms with Crippen LogP contribution in [-0.4, -0.2) is 64.6 Å². The maximum absolute atomic E-state index is 14.3. The molecule has 0 spiro atoms. The molecule has 2 heterocycles. The van der Waals surface area contributed by atoms with E-state index in [0.717, 1.165) is 44.9 Å². The molecule has 0 unspecified atom stereocenters. The number of fused-ring (bicyclic) bond motifs is 3. The number of primary amides is 1. The SMILES string of the molecule is CC(C)(C)NC(=O)N[C@H]1C(=O)N2C[C@H]3[C@@H]([C@H]2C(=O)N[C@@H](C(=O)C(N)=O)CCCCCCCCCC1(C)C)C3(C)C. The smallest absolute Gasteiger partial charge is 0.315 e. The molecule has 0 aromatic rings. The van der Waals surface area contributed by atoms with E-state index in [4.69, 9.17) is 5.73 Å². The molecule has 40 heavy (non-hydrogen) atoms. The molecule has 1 aliphatic carbocycles. The van der Waals surface area contributed by atoms with Gasteiger partial charge >= 0.3 is 6.03 Å². The van der Waals surface area contributed by atoms with Gasteiger partial charge in [0.1, 0.15) is 12.1 Å². The number of carbonyl (C=O) groups excluding carboxylic acids is 5. The van der Waals surface area contributed by atoms with Gasteiger partial charge in [-0.05, 0) is 56.3 Å². The van der Waals surface area contributed by atoms with Crippen LogP contribution in [0.4, 0.5) is 4.79 Å². The normalized spacial score (nSPS) is 31.2. The summed E-state index contributed by atoms with van der Waals surface area (Å²) in [4.78, 5) is 67.2. The third-order valence-electron chi connectivity index (χ3n) is 9.24. The zero-order valence-electron chi connectivity index (χ0n) is 25.5. The number of rotatable bonds is 3. The quantitative estimate of drug-likeness (QED) is 0.391. The van der Waals surface area contributed by atoms with Crippen LogP contribution in [-0.2, 0) is 19.2 Å². The third-order valence-corrected chi connectivity index (χ3v) is 9.24. The van der Waals surface area contributed by atoms with Crippen LogP contribution >= 0.6 is 0 Å². The highest BCUT2D eigenvalue weighted by Crippen LogP contribution is 2.65. The summed E-state index contributed by atoms with van der Waals surface area (Å²) in [5, 5.41) is 8.66. The minimum Gasteiger partial charge on any atom is -0.363 e. The summed E-state index contributed by atoms with van der Waals surface area (Å²) in [5.41, 5.74) is 4.14. The van der Waals surface area contributed by atoms with Gasteiger partial charge in [-0.1, -0.05) is 72.6 Å². The van der Waals surface area contributed by atoms with Crippen LogP contribution in [0.15, 0.2) is 0 Å². The molecule has 10 heteroatoms. The van der Waals surface area contributed by atoms with Gasteiger partial charge in [-0.15, -0.1) is 0 Å². The fourth-order valence-electron chi connectivity index (χ4n) is 6.73. The van der Waals surface area contributed by atoms with Gasteiger partial charge < -0.3 is 26.6 Å². The highest BCUT2D eigenvalue weighted by atomic mass is 16.2. The van der Waals surface area contributed by atoms with E-state index in [0.29, 0.717) is 19.4 Å². The molecule has 5 atom stereocenters. The fourth-order valence-corrected chi connectivity index (χ4v) is 6.73. The van der Waals surface area contributed by atoms with Gasteiger partial charge in [0.2, 0.25) is 17.6 Å². The Kier molecular flexibility index (Phi) is 9.62. The first-order valence-corrected chi connectivity index (χ1v) is 15.0. The van der Waals surface area contributed by atoms with E-state index in [1.165, 1.54) is 0 Å². The number of nitrogens with one attached hydrogen (secondary N) is 3. The van der Waals surface area contributed by atoms with E-state index in [-0.39, 0.29) is 23.2 Å². The Labute approximate surface area is 239 Å². The number of hydrogen-bond donors (Lipinski definition) is 4. The van der Waals surface area contributed by atoms with Crippen molar-refractivity contribution in [3.05, 3.63) is 0 Å². The van der Waals surface area contributed by atoms with E-state index < -0.39 is 52.7 Å². The molecule has 0 aromatic carbocycles. The van der Waals surface area contributed by atoms with Crippen molar-refractivity contribution in [3.8, 4) is 0 Å². The lowest BCUT2D eigenvalue weighted by Gasteiger charge is -2.40. The number of carbonyl (C=O) groups is 5. The van der Waals surface area contributed by atoms with Crippen molar-refractivity contribution in [2.75, 3.05) is 6.54 Å². The van der Waals surface area contributed by atoms with Crippen molar-refractivity contribution < 1.29 is 24.0 Å². The van der Waals surface area contributed by atoms with Gasteiger partial charge in [0, 0.05) is 12.1 Å². The molecule has 2 saturated heterocycles. The highest BCUT2D eigenvalue weighted by Gasteiger charge is 2.70. The second kappa shape index (κ2) is 12.1. The van der Waals surface area contributed by atoms with Crippen molar-refractivity contribution in [2.45, 2.75) is 130 Å². The minimum atomic E-state index is -1.07. The van der Waals surface area contributed by atoms with E-state index in [2.05, 4.69) is 29.8 Å². The molecule has 5 N–H and O–H groups in total. The predicted molar refractivity (Wildman–Crippen MR) is 153 cm³/mol. The lowest BCUT2D eigenvalue weighted by atomic mass is 9.78. The van der Waals surface area contributed by atoms with Crippen LogP contribution in [0.1, 0.15) is 106 Å². The van der Waals surface area contributed by atoms with Gasteiger partial charge in [-0.25, -0.2) is 4.79 Å². The van der Waals surface area contributed by atoms with Gasteiger partial charge in [0.15, 0.2) is 0 Å². The van der Waals surface area contributed by atoms with Gasteiger partial charge in [0.05, 0.1) is 6.04 Å². The van der Waals surface area contributed by atoms with E-state index in [1.54, 1.807) is 4.90 Å². The zero-order chi connectivity index (χ0) is 30.0. The monoisotopic (exact) mass is 561 g/mol. The Bertz CT molecular complexity index is 1000. The Morgan fingerprint density at radius 1 is 0.950 bits per heavy atom. The third kappa shape index (κ3) is 7.35. The first-order chi connectivity index (χ1) is 18.5. The molecule has 5 amide bonds. The van der Waals surface area contributed by atoms with Crippen LogP contribution in [0.2, 0.25) is 0 Å². The average molecular weight is 562 g/mol. The largest absolute Gasteiger partial charge is 0.363 e. The molecule has 0 bridgehead atoms. The van der Waals surface area contributed by atoms with E-state index in [1.807, 2.05) is 34.6 Å². The molecule has 3 rings (SSSR count). The van der Waals surface area contributed by atoms with Gasteiger partial charge in [0.25, 0.3) is 5.91 Å². The Morgan fingerprint density at radius 3 is 2.10 bits per heavy atom. The van der Waals surface area contributed by atoms with Gasteiger partial charge in [-0.3, -0.25) is 19.2 Å². The molecule has 1 saturated carbocycles. The number of urea groups is 1. The topological polar surface area (TPSA) is 151 Å². The summed E-state index contributed by atoms with van der Waals surface area (Å²) >= 11 is 0. The summed E-state index contributed by atoms with van der Waals surface area (Å²) < 4.78 is 0. The molecule has 0 aromatic heterocycles. The molecule has 3 fully saturated rings. The van der Waals surface area contributed by atoms with Crippen LogP contribution in [0.25, 0.3) is 0 Å².